The summed E-state index contributed by atoms with van der Waals surface area (Å²) < 4.78 is 37.5. The molecule has 0 aliphatic rings. The van der Waals surface area contributed by atoms with Gasteiger partial charge in [0.15, 0.2) is 11.6 Å². The average molecular weight is 320 g/mol. The smallest absolute Gasteiger partial charge is 0.294 e. The van der Waals surface area contributed by atoms with E-state index in [1.165, 1.54) is 0 Å². The number of benzene rings is 2. The van der Waals surface area contributed by atoms with E-state index in [2.05, 4.69) is 0 Å². The van der Waals surface area contributed by atoms with Gasteiger partial charge in [0.25, 0.3) is 0 Å². The average Bonchev–Trinajstić information content (AvgIpc) is 2.54. The van der Waals surface area contributed by atoms with E-state index in [4.69, 9.17) is 0 Å². The molecule has 120 valence electrons. The number of rotatable bonds is 5. The molecule has 0 saturated carbocycles. The molecule has 23 heavy (non-hydrogen) atoms. The standard InChI is InChI=1S/C18H15F3O2/c1-12(11-16(22)13-5-3-2-4-6-13)17(23)14-7-9-15(10-8-14)18(19,20)21/h2-10,12H,11H2,1H3. The van der Waals surface area contributed by atoms with Crippen molar-refractivity contribution in [2.75, 3.05) is 0 Å². The topological polar surface area (TPSA) is 34.1 Å². The summed E-state index contributed by atoms with van der Waals surface area (Å²) in [4.78, 5) is 24.3. The first-order valence-electron chi connectivity index (χ1n) is 7.09. The van der Waals surface area contributed by atoms with Gasteiger partial charge in [-0.1, -0.05) is 49.4 Å². The first kappa shape index (κ1) is 16.9. The molecule has 0 saturated heterocycles. The van der Waals surface area contributed by atoms with Crippen LogP contribution in [0.2, 0.25) is 0 Å². The fraction of sp³-hybridized carbons (Fsp3) is 0.222. The molecule has 2 aromatic rings. The highest BCUT2D eigenvalue weighted by atomic mass is 19.4. The van der Waals surface area contributed by atoms with Gasteiger partial charge in [-0.15, -0.1) is 0 Å². The molecule has 0 radical (unpaired) electrons. The third-order valence-electron chi connectivity index (χ3n) is 3.53. The second-order valence-electron chi connectivity index (χ2n) is 5.33. The number of carbonyl (C=O) groups is 2. The van der Waals surface area contributed by atoms with E-state index in [1.807, 2.05) is 0 Å². The fourth-order valence-corrected chi connectivity index (χ4v) is 2.22. The quantitative estimate of drug-likeness (QED) is 0.742. The highest BCUT2D eigenvalue weighted by molar-refractivity contribution is 6.03. The summed E-state index contributed by atoms with van der Waals surface area (Å²) in [6.07, 6.45) is -4.42. The minimum absolute atomic E-state index is 0.0177. The van der Waals surface area contributed by atoms with Crippen LogP contribution >= 0.6 is 0 Å². The van der Waals surface area contributed by atoms with E-state index in [-0.39, 0.29) is 23.6 Å². The molecule has 0 bridgehead atoms. The van der Waals surface area contributed by atoms with Crippen molar-refractivity contribution in [2.24, 2.45) is 5.92 Å². The van der Waals surface area contributed by atoms with Gasteiger partial charge in [-0.05, 0) is 12.1 Å². The van der Waals surface area contributed by atoms with Gasteiger partial charge in [-0.3, -0.25) is 9.59 Å². The zero-order valence-electron chi connectivity index (χ0n) is 12.4. The molecule has 2 aromatic carbocycles. The predicted molar refractivity (Wildman–Crippen MR) is 80.3 cm³/mol. The van der Waals surface area contributed by atoms with E-state index < -0.39 is 17.7 Å². The third-order valence-corrected chi connectivity index (χ3v) is 3.53. The lowest BCUT2D eigenvalue weighted by molar-refractivity contribution is -0.137. The molecule has 0 fully saturated rings. The first-order valence-corrected chi connectivity index (χ1v) is 7.09. The van der Waals surface area contributed by atoms with E-state index in [1.54, 1.807) is 37.3 Å². The molecule has 1 unspecified atom stereocenters. The second-order valence-corrected chi connectivity index (χ2v) is 5.33. The van der Waals surface area contributed by atoms with Gasteiger partial charge in [-0.25, -0.2) is 0 Å². The summed E-state index contributed by atoms with van der Waals surface area (Å²) in [5.74, 6) is -1.11. The molecule has 0 N–H and O–H groups in total. The van der Waals surface area contributed by atoms with Crippen LogP contribution in [-0.2, 0) is 6.18 Å². The van der Waals surface area contributed by atoms with Gasteiger partial charge in [0.1, 0.15) is 0 Å². The number of Topliss-reactive ketones (excluding diaryl/α,β-unsaturated/α-hetero) is 2. The van der Waals surface area contributed by atoms with Crippen molar-refractivity contribution >= 4 is 11.6 Å². The van der Waals surface area contributed by atoms with Crippen LogP contribution in [0.15, 0.2) is 54.6 Å². The lowest BCUT2D eigenvalue weighted by Gasteiger charge is -2.11. The summed E-state index contributed by atoms with van der Waals surface area (Å²) in [6, 6.07) is 12.6. The van der Waals surface area contributed by atoms with Crippen molar-refractivity contribution in [3.63, 3.8) is 0 Å². The van der Waals surface area contributed by atoms with Crippen molar-refractivity contribution in [1.82, 2.24) is 0 Å². The monoisotopic (exact) mass is 320 g/mol. The molecular formula is C18H15F3O2. The van der Waals surface area contributed by atoms with Crippen molar-refractivity contribution in [2.45, 2.75) is 19.5 Å². The molecule has 0 spiro atoms. The summed E-state index contributed by atoms with van der Waals surface area (Å²) in [6.45, 7) is 1.60. The van der Waals surface area contributed by atoms with Crippen LogP contribution in [0.5, 0.6) is 0 Å². The Morgan fingerprint density at radius 3 is 2.00 bits per heavy atom. The fourth-order valence-electron chi connectivity index (χ4n) is 2.22. The summed E-state index contributed by atoms with van der Waals surface area (Å²) >= 11 is 0. The van der Waals surface area contributed by atoms with Crippen molar-refractivity contribution in [3.05, 3.63) is 71.3 Å². The van der Waals surface area contributed by atoms with Gasteiger partial charge in [-0.2, -0.15) is 13.2 Å². The zero-order valence-corrected chi connectivity index (χ0v) is 12.4. The molecule has 0 heterocycles. The number of hydrogen-bond donors (Lipinski definition) is 0. The number of carbonyl (C=O) groups excluding carboxylic acids is 2. The Labute approximate surface area is 131 Å². The molecule has 2 nitrogen and oxygen atoms in total. The predicted octanol–water partition coefficient (Wildman–Crippen LogP) is 4.80. The zero-order chi connectivity index (χ0) is 17.0. The summed E-state index contributed by atoms with van der Waals surface area (Å²) in [5.41, 5.74) is -0.118. The van der Waals surface area contributed by atoms with Crippen LogP contribution < -0.4 is 0 Å². The molecular weight excluding hydrogens is 305 g/mol. The van der Waals surface area contributed by atoms with Gasteiger partial charge >= 0.3 is 6.18 Å². The molecule has 0 amide bonds. The Morgan fingerprint density at radius 2 is 1.48 bits per heavy atom. The van der Waals surface area contributed by atoms with E-state index in [9.17, 15) is 22.8 Å². The Bertz CT molecular complexity index is 688. The van der Waals surface area contributed by atoms with Crippen LogP contribution in [0.4, 0.5) is 13.2 Å². The highest BCUT2D eigenvalue weighted by Crippen LogP contribution is 2.29. The maximum absolute atomic E-state index is 12.5. The van der Waals surface area contributed by atoms with Gasteiger partial charge in [0.2, 0.25) is 0 Å². The van der Waals surface area contributed by atoms with E-state index in [0.29, 0.717) is 5.56 Å². The second kappa shape index (κ2) is 6.77. The number of hydrogen-bond acceptors (Lipinski definition) is 2. The Balaban J connectivity index is 2.06. The lowest BCUT2D eigenvalue weighted by Crippen LogP contribution is -2.16. The highest BCUT2D eigenvalue weighted by Gasteiger charge is 2.30. The van der Waals surface area contributed by atoms with Crippen LogP contribution in [-0.4, -0.2) is 11.6 Å². The maximum atomic E-state index is 12.5. The minimum atomic E-state index is -4.43. The summed E-state index contributed by atoms with van der Waals surface area (Å²) in [5, 5.41) is 0. The number of alkyl halides is 3. The Kier molecular flexibility index (Phi) is 4.98. The van der Waals surface area contributed by atoms with Crippen molar-refractivity contribution < 1.29 is 22.8 Å². The van der Waals surface area contributed by atoms with Gasteiger partial charge < -0.3 is 0 Å². The molecule has 0 aliphatic carbocycles. The van der Waals surface area contributed by atoms with Gasteiger partial charge in [0.05, 0.1) is 5.56 Å². The lowest BCUT2D eigenvalue weighted by atomic mass is 9.92. The van der Waals surface area contributed by atoms with Crippen molar-refractivity contribution in [3.8, 4) is 0 Å². The third kappa shape index (κ3) is 4.28. The first-order chi connectivity index (χ1) is 10.8. The van der Waals surface area contributed by atoms with Crippen LogP contribution in [0.25, 0.3) is 0 Å². The maximum Gasteiger partial charge on any atom is 0.416 e. The SMILES string of the molecule is CC(CC(=O)c1ccccc1)C(=O)c1ccc(C(F)(F)F)cc1. The summed E-state index contributed by atoms with van der Waals surface area (Å²) in [7, 11) is 0. The molecule has 1 atom stereocenters. The van der Waals surface area contributed by atoms with E-state index >= 15 is 0 Å². The van der Waals surface area contributed by atoms with Crippen molar-refractivity contribution in [1.29, 1.82) is 0 Å². The number of ketones is 2. The Morgan fingerprint density at radius 1 is 0.913 bits per heavy atom. The minimum Gasteiger partial charge on any atom is -0.294 e. The van der Waals surface area contributed by atoms with Gasteiger partial charge in [0, 0.05) is 23.5 Å². The van der Waals surface area contributed by atoms with Crippen LogP contribution in [0.3, 0.4) is 0 Å². The molecule has 0 aliphatic heterocycles. The van der Waals surface area contributed by atoms with Crippen LogP contribution in [0, 0.1) is 5.92 Å². The van der Waals surface area contributed by atoms with E-state index in [0.717, 1.165) is 24.3 Å². The normalized spacial score (nSPS) is 12.7. The molecule has 5 heteroatoms. The number of halogens is 3. The van der Waals surface area contributed by atoms with Crippen LogP contribution in [0.1, 0.15) is 39.6 Å². The Hall–Kier alpha value is -2.43. The molecule has 0 aromatic heterocycles. The largest absolute Gasteiger partial charge is 0.416 e. The molecule has 2 rings (SSSR count).